The minimum Gasteiger partial charge on any atom is -0.350 e. The van der Waals surface area contributed by atoms with Gasteiger partial charge in [-0.25, -0.2) is 0 Å². The Balaban J connectivity index is 1.97. The van der Waals surface area contributed by atoms with Crippen LogP contribution in [0.25, 0.3) is 0 Å². The van der Waals surface area contributed by atoms with E-state index in [-0.39, 0.29) is 11.3 Å². The summed E-state index contributed by atoms with van der Waals surface area (Å²) in [6, 6.07) is 18.1. The number of nitrogens with one attached hydrogen (secondary N) is 1. The fourth-order valence-electron chi connectivity index (χ4n) is 1.79. The van der Waals surface area contributed by atoms with Crippen LogP contribution in [0.1, 0.15) is 26.9 Å². The lowest BCUT2D eigenvalue weighted by molar-refractivity contribution is 0.0953. The molecule has 20 heavy (non-hydrogen) atoms. The Kier molecular flexibility index (Phi) is 4.75. The van der Waals surface area contributed by atoms with E-state index in [0.29, 0.717) is 17.7 Å². The molecule has 1 N–H and O–H groups in total. The second-order valence-electron chi connectivity index (χ2n) is 4.28. The molecule has 2 aromatic rings. The SMILES string of the molecule is N#Cc1cccc(C(=O)NCC(Cl)c2ccccc2)c1. The molecular formula is C16H13ClN2O. The Morgan fingerprint density at radius 3 is 2.65 bits per heavy atom. The summed E-state index contributed by atoms with van der Waals surface area (Å²) in [5.41, 5.74) is 1.88. The third-order valence-corrected chi connectivity index (χ3v) is 3.26. The van der Waals surface area contributed by atoms with Crippen LogP contribution in [0.4, 0.5) is 0 Å². The van der Waals surface area contributed by atoms with Crippen LogP contribution in [-0.2, 0) is 0 Å². The first-order valence-corrected chi connectivity index (χ1v) is 6.61. The van der Waals surface area contributed by atoms with E-state index in [4.69, 9.17) is 16.9 Å². The molecule has 1 unspecified atom stereocenters. The average molecular weight is 285 g/mol. The van der Waals surface area contributed by atoms with Crippen LogP contribution < -0.4 is 5.32 Å². The molecule has 3 nitrogen and oxygen atoms in total. The number of carbonyl (C=O) groups excluding carboxylic acids is 1. The third-order valence-electron chi connectivity index (χ3n) is 2.86. The van der Waals surface area contributed by atoms with Gasteiger partial charge in [-0.3, -0.25) is 4.79 Å². The average Bonchev–Trinajstić information content (AvgIpc) is 2.53. The number of hydrogen-bond donors (Lipinski definition) is 1. The minimum atomic E-state index is -0.278. The van der Waals surface area contributed by atoms with Gasteiger partial charge in [-0.15, -0.1) is 11.6 Å². The van der Waals surface area contributed by atoms with E-state index in [2.05, 4.69) is 5.32 Å². The van der Waals surface area contributed by atoms with Crippen molar-refractivity contribution in [3.8, 4) is 6.07 Å². The molecule has 1 atom stereocenters. The van der Waals surface area contributed by atoms with E-state index in [1.165, 1.54) is 0 Å². The van der Waals surface area contributed by atoms with Crippen LogP contribution in [0.3, 0.4) is 0 Å². The van der Waals surface area contributed by atoms with Crippen molar-refractivity contribution in [2.24, 2.45) is 0 Å². The van der Waals surface area contributed by atoms with Crippen LogP contribution in [0.2, 0.25) is 0 Å². The lowest BCUT2D eigenvalue weighted by atomic mass is 10.1. The monoisotopic (exact) mass is 284 g/mol. The van der Waals surface area contributed by atoms with E-state index in [1.807, 2.05) is 36.4 Å². The molecule has 0 aliphatic heterocycles. The van der Waals surface area contributed by atoms with Gasteiger partial charge in [0.25, 0.3) is 5.91 Å². The summed E-state index contributed by atoms with van der Waals surface area (Å²) in [6.45, 7) is 0.335. The van der Waals surface area contributed by atoms with Crippen molar-refractivity contribution in [1.29, 1.82) is 5.26 Å². The van der Waals surface area contributed by atoms with E-state index in [0.717, 1.165) is 5.56 Å². The first kappa shape index (κ1) is 14.1. The second kappa shape index (κ2) is 6.74. The molecule has 2 aromatic carbocycles. The first-order chi connectivity index (χ1) is 9.70. The fourth-order valence-corrected chi connectivity index (χ4v) is 2.02. The summed E-state index contributed by atoms with van der Waals surface area (Å²) in [6.07, 6.45) is 0. The molecule has 0 heterocycles. The van der Waals surface area contributed by atoms with Crippen molar-refractivity contribution in [2.45, 2.75) is 5.38 Å². The Morgan fingerprint density at radius 2 is 1.95 bits per heavy atom. The van der Waals surface area contributed by atoms with E-state index >= 15 is 0 Å². The maximum Gasteiger partial charge on any atom is 0.251 e. The quantitative estimate of drug-likeness (QED) is 0.876. The van der Waals surface area contributed by atoms with Gasteiger partial charge in [0.2, 0.25) is 0 Å². The van der Waals surface area contributed by atoms with Gasteiger partial charge in [0.1, 0.15) is 0 Å². The molecule has 0 aliphatic rings. The summed E-state index contributed by atoms with van der Waals surface area (Å²) in [7, 11) is 0. The molecule has 0 aliphatic carbocycles. The summed E-state index contributed by atoms with van der Waals surface area (Å²) in [5, 5.41) is 11.3. The van der Waals surface area contributed by atoms with Crippen LogP contribution >= 0.6 is 11.6 Å². The van der Waals surface area contributed by atoms with Gasteiger partial charge < -0.3 is 5.32 Å². The van der Waals surface area contributed by atoms with Crippen molar-refractivity contribution in [3.63, 3.8) is 0 Å². The Bertz CT molecular complexity index is 634. The van der Waals surface area contributed by atoms with Gasteiger partial charge in [0, 0.05) is 12.1 Å². The number of amides is 1. The second-order valence-corrected chi connectivity index (χ2v) is 4.81. The molecule has 0 saturated heterocycles. The maximum atomic E-state index is 12.0. The fraction of sp³-hybridized carbons (Fsp3) is 0.125. The number of alkyl halides is 1. The van der Waals surface area contributed by atoms with Crippen molar-refractivity contribution in [2.75, 3.05) is 6.54 Å². The van der Waals surface area contributed by atoms with Crippen molar-refractivity contribution in [1.82, 2.24) is 5.32 Å². The summed E-state index contributed by atoms with van der Waals surface area (Å²) < 4.78 is 0. The van der Waals surface area contributed by atoms with E-state index < -0.39 is 0 Å². The molecule has 0 fully saturated rings. The van der Waals surface area contributed by atoms with Crippen molar-refractivity contribution >= 4 is 17.5 Å². The molecule has 2 rings (SSSR count). The largest absolute Gasteiger partial charge is 0.350 e. The number of nitrogens with zero attached hydrogens (tertiary/aromatic N) is 1. The normalized spacial score (nSPS) is 11.4. The Morgan fingerprint density at radius 1 is 1.20 bits per heavy atom. The highest BCUT2D eigenvalue weighted by Gasteiger charge is 2.11. The minimum absolute atomic E-state index is 0.233. The highest BCUT2D eigenvalue weighted by atomic mass is 35.5. The standard InChI is InChI=1S/C16H13ClN2O/c17-15(13-6-2-1-3-7-13)11-19-16(20)14-8-4-5-12(9-14)10-18/h1-9,15H,11H2,(H,19,20). The lowest BCUT2D eigenvalue weighted by Gasteiger charge is -2.11. The number of hydrogen-bond acceptors (Lipinski definition) is 2. The number of nitriles is 1. The van der Waals surface area contributed by atoms with E-state index in [9.17, 15) is 4.79 Å². The first-order valence-electron chi connectivity index (χ1n) is 6.18. The predicted molar refractivity (Wildman–Crippen MR) is 78.5 cm³/mol. The highest BCUT2D eigenvalue weighted by molar-refractivity contribution is 6.21. The van der Waals surface area contributed by atoms with Crippen LogP contribution in [0.5, 0.6) is 0 Å². The number of benzene rings is 2. The maximum absolute atomic E-state index is 12.0. The van der Waals surface area contributed by atoms with Gasteiger partial charge in [-0.2, -0.15) is 5.26 Å². The van der Waals surface area contributed by atoms with Crippen molar-refractivity contribution in [3.05, 3.63) is 71.3 Å². The molecule has 1 amide bonds. The van der Waals surface area contributed by atoms with Gasteiger partial charge in [0.15, 0.2) is 0 Å². The summed E-state index contributed by atoms with van der Waals surface area (Å²) in [4.78, 5) is 12.0. The Hall–Kier alpha value is -2.31. The van der Waals surface area contributed by atoms with Gasteiger partial charge in [-0.1, -0.05) is 36.4 Å². The van der Waals surface area contributed by atoms with Crippen LogP contribution in [0, 0.1) is 11.3 Å². The number of rotatable bonds is 4. The molecule has 0 aromatic heterocycles. The Labute approximate surface area is 122 Å². The zero-order valence-electron chi connectivity index (χ0n) is 10.7. The summed E-state index contributed by atoms with van der Waals surface area (Å²) in [5.74, 6) is -0.233. The molecule has 0 radical (unpaired) electrons. The highest BCUT2D eigenvalue weighted by Crippen LogP contribution is 2.18. The molecule has 0 bridgehead atoms. The van der Waals surface area contributed by atoms with Gasteiger partial charge >= 0.3 is 0 Å². The molecular weight excluding hydrogens is 272 g/mol. The molecule has 4 heteroatoms. The molecule has 0 spiro atoms. The van der Waals surface area contributed by atoms with Crippen LogP contribution in [-0.4, -0.2) is 12.5 Å². The third kappa shape index (κ3) is 3.59. The van der Waals surface area contributed by atoms with E-state index in [1.54, 1.807) is 24.3 Å². The number of carbonyl (C=O) groups is 1. The lowest BCUT2D eigenvalue weighted by Crippen LogP contribution is -2.26. The van der Waals surface area contributed by atoms with Gasteiger partial charge in [0.05, 0.1) is 17.0 Å². The molecule has 0 saturated carbocycles. The van der Waals surface area contributed by atoms with Crippen molar-refractivity contribution < 1.29 is 4.79 Å². The topological polar surface area (TPSA) is 52.9 Å². The zero-order chi connectivity index (χ0) is 14.4. The number of halogens is 1. The van der Waals surface area contributed by atoms with Crippen LogP contribution in [0.15, 0.2) is 54.6 Å². The smallest absolute Gasteiger partial charge is 0.251 e. The summed E-state index contributed by atoms with van der Waals surface area (Å²) >= 11 is 6.23. The van der Waals surface area contributed by atoms with Gasteiger partial charge in [-0.05, 0) is 23.8 Å². The zero-order valence-corrected chi connectivity index (χ0v) is 11.5. The predicted octanol–water partition coefficient (Wildman–Crippen LogP) is 3.27. The molecule has 100 valence electrons.